The molecule has 23 heavy (non-hydrogen) atoms. The Bertz CT molecular complexity index is 533. The molecule has 7 nitrogen and oxygen atoms in total. The highest BCUT2D eigenvalue weighted by atomic mass is 16.6. The molecule has 0 bridgehead atoms. The largest absolute Gasteiger partial charge is 0.508 e. The molecule has 2 atom stereocenters. The van der Waals surface area contributed by atoms with Gasteiger partial charge >= 0.3 is 0 Å². The number of hydrogen-bond acceptors (Lipinski definition) is 7. The second kappa shape index (κ2) is 6.16. The van der Waals surface area contributed by atoms with Crippen LogP contribution in [0.5, 0.6) is 17.2 Å². The van der Waals surface area contributed by atoms with E-state index in [1.807, 2.05) is 0 Å². The van der Waals surface area contributed by atoms with Crippen molar-refractivity contribution in [2.75, 3.05) is 13.6 Å². The molecule has 2 aliphatic rings. The van der Waals surface area contributed by atoms with Crippen molar-refractivity contribution >= 4 is 0 Å². The molecule has 0 amide bonds. The highest BCUT2D eigenvalue weighted by Gasteiger charge is 2.56. The molecule has 3 rings (SSSR count). The van der Waals surface area contributed by atoms with Crippen LogP contribution in [0, 0.1) is 5.92 Å². The molecular weight excluding hydrogens is 304 g/mol. The normalized spacial score (nSPS) is 32.8. The number of aromatic hydroxyl groups is 1. The Kier molecular flexibility index (Phi) is 4.37. The number of rotatable bonds is 5. The van der Waals surface area contributed by atoms with Crippen LogP contribution in [-0.2, 0) is 5.41 Å². The highest BCUT2D eigenvalue weighted by molar-refractivity contribution is 5.55. The Morgan fingerprint density at radius 2 is 1.43 bits per heavy atom. The summed E-state index contributed by atoms with van der Waals surface area (Å²) in [6, 6.07) is 2.74. The van der Waals surface area contributed by atoms with Crippen LogP contribution in [0.15, 0.2) is 12.1 Å². The molecule has 2 aliphatic carbocycles. The van der Waals surface area contributed by atoms with Crippen molar-refractivity contribution in [1.29, 1.82) is 0 Å². The molecule has 0 aliphatic heterocycles. The summed E-state index contributed by atoms with van der Waals surface area (Å²) in [7, 11) is 0. The van der Waals surface area contributed by atoms with E-state index < -0.39 is 31.2 Å². The lowest BCUT2D eigenvalue weighted by Crippen LogP contribution is -2.28. The van der Waals surface area contributed by atoms with Gasteiger partial charge in [-0.1, -0.05) is 0 Å². The van der Waals surface area contributed by atoms with Crippen molar-refractivity contribution in [3.63, 3.8) is 0 Å². The average Bonchev–Trinajstić information content (AvgIpc) is 2.90. The summed E-state index contributed by atoms with van der Waals surface area (Å²) in [6.45, 7) is -1.16. The van der Waals surface area contributed by atoms with Gasteiger partial charge in [-0.25, -0.2) is 0 Å². The van der Waals surface area contributed by atoms with E-state index in [2.05, 4.69) is 0 Å². The van der Waals surface area contributed by atoms with Gasteiger partial charge in [0, 0.05) is 23.1 Å². The minimum atomic E-state index is -0.582. The summed E-state index contributed by atoms with van der Waals surface area (Å²) in [6.07, 6.45) is 1.01. The molecule has 0 heterocycles. The summed E-state index contributed by atoms with van der Waals surface area (Å²) in [5.74, 6) is 0.401. The summed E-state index contributed by atoms with van der Waals surface area (Å²) < 4.78 is 10.5. The Labute approximate surface area is 133 Å². The second-order valence-corrected chi connectivity index (χ2v) is 6.40. The minimum Gasteiger partial charge on any atom is -0.508 e. The highest BCUT2D eigenvalue weighted by Crippen LogP contribution is 2.60. The second-order valence-electron chi connectivity index (χ2n) is 6.40. The monoisotopic (exact) mass is 326 g/mol. The lowest BCUT2D eigenvalue weighted by atomic mass is 9.73. The molecule has 7 heteroatoms. The van der Waals surface area contributed by atoms with Gasteiger partial charge in [-0.15, -0.1) is 0 Å². The maximum Gasteiger partial charge on any atom is 0.186 e. The van der Waals surface area contributed by atoms with Crippen molar-refractivity contribution in [2.45, 2.75) is 43.3 Å². The standard InChI is InChI=1S/C16H22O7/c17-7-22-13-3-10(19)4-14(23-8-18)15(13)16-5-11(20)1-9(16)2-12(21)6-16/h3-4,9,11-12,17-21H,1-2,5-8H2. The molecular formula is C16H22O7. The van der Waals surface area contributed by atoms with Crippen molar-refractivity contribution in [1.82, 2.24) is 0 Å². The molecule has 5 N–H and O–H groups in total. The van der Waals surface area contributed by atoms with Crippen LogP contribution >= 0.6 is 0 Å². The zero-order valence-corrected chi connectivity index (χ0v) is 12.7. The molecule has 0 radical (unpaired) electrons. The van der Waals surface area contributed by atoms with Crippen LogP contribution in [0.3, 0.4) is 0 Å². The van der Waals surface area contributed by atoms with Gasteiger partial charge in [0.25, 0.3) is 0 Å². The molecule has 0 aromatic heterocycles. The predicted octanol–water partition coefficient (Wildman–Crippen LogP) is 0.213. The van der Waals surface area contributed by atoms with Gasteiger partial charge in [-0.05, 0) is 31.6 Å². The lowest BCUT2D eigenvalue weighted by Gasteiger charge is -2.33. The molecule has 2 unspecified atom stereocenters. The number of ether oxygens (including phenoxy) is 2. The van der Waals surface area contributed by atoms with Gasteiger partial charge < -0.3 is 35.0 Å². The van der Waals surface area contributed by atoms with E-state index in [1.54, 1.807) is 0 Å². The minimum absolute atomic E-state index is 0.0409. The maximum atomic E-state index is 10.1. The van der Waals surface area contributed by atoms with Crippen LogP contribution in [0.1, 0.15) is 31.2 Å². The first kappa shape index (κ1) is 16.3. The number of phenols is 1. The number of aliphatic hydroxyl groups excluding tert-OH is 4. The third kappa shape index (κ3) is 2.74. The van der Waals surface area contributed by atoms with Gasteiger partial charge in [0.1, 0.15) is 17.2 Å². The topological polar surface area (TPSA) is 120 Å². The van der Waals surface area contributed by atoms with Crippen LogP contribution in [-0.4, -0.2) is 51.3 Å². The predicted molar refractivity (Wildman–Crippen MR) is 79.2 cm³/mol. The Balaban J connectivity index is 2.16. The molecule has 0 saturated heterocycles. The molecule has 0 spiro atoms. The fraction of sp³-hybridized carbons (Fsp3) is 0.625. The molecule has 2 saturated carbocycles. The molecule has 128 valence electrons. The van der Waals surface area contributed by atoms with Crippen molar-refractivity contribution in [2.24, 2.45) is 5.92 Å². The van der Waals surface area contributed by atoms with E-state index in [4.69, 9.17) is 19.7 Å². The Morgan fingerprint density at radius 1 is 0.957 bits per heavy atom. The third-order valence-electron chi connectivity index (χ3n) is 5.08. The van der Waals surface area contributed by atoms with Crippen LogP contribution in [0.4, 0.5) is 0 Å². The van der Waals surface area contributed by atoms with Crippen LogP contribution in [0.2, 0.25) is 0 Å². The van der Waals surface area contributed by atoms with Crippen molar-refractivity contribution in [3.8, 4) is 17.2 Å². The van der Waals surface area contributed by atoms with E-state index in [1.165, 1.54) is 12.1 Å². The number of fused-ring (bicyclic) bond motifs is 1. The van der Waals surface area contributed by atoms with Gasteiger partial charge in [0.15, 0.2) is 13.6 Å². The number of hydrogen-bond donors (Lipinski definition) is 5. The van der Waals surface area contributed by atoms with Gasteiger partial charge in [0.2, 0.25) is 0 Å². The maximum absolute atomic E-state index is 10.1. The smallest absolute Gasteiger partial charge is 0.186 e. The number of aliphatic hydroxyl groups is 4. The first-order valence-electron chi connectivity index (χ1n) is 7.71. The van der Waals surface area contributed by atoms with E-state index in [0.717, 1.165) is 0 Å². The van der Waals surface area contributed by atoms with Crippen LogP contribution in [0.25, 0.3) is 0 Å². The van der Waals surface area contributed by atoms with Gasteiger partial charge in [0.05, 0.1) is 12.2 Å². The molecule has 1 aromatic rings. The molecule has 2 fully saturated rings. The first-order valence-corrected chi connectivity index (χ1v) is 7.71. The van der Waals surface area contributed by atoms with Gasteiger partial charge in [-0.3, -0.25) is 0 Å². The molecule has 1 aromatic carbocycles. The van der Waals surface area contributed by atoms with Crippen molar-refractivity contribution < 1.29 is 35.0 Å². The lowest BCUT2D eigenvalue weighted by molar-refractivity contribution is 0.0848. The zero-order chi connectivity index (χ0) is 16.6. The van der Waals surface area contributed by atoms with E-state index in [-0.39, 0.29) is 23.2 Å². The Morgan fingerprint density at radius 3 is 1.87 bits per heavy atom. The SMILES string of the molecule is OCOc1cc(O)cc(OCO)c1C12CC(O)CC1CC(O)C2. The average molecular weight is 326 g/mol. The first-order chi connectivity index (χ1) is 11.0. The number of benzene rings is 1. The quantitative estimate of drug-likeness (QED) is 0.491. The Hall–Kier alpha value is -1.54. The summed E-state index contributed by atoms with van der Waals surface area (Å²) in [4.78, 5) is 0. The summed E-state index contributed by atoms with van der Waals surface area (Å²) in [5.41, 5.74) is 0.0122. The zero-order valence-electron chi connectivity index (χ0n) is 12.7. The summed E-state index contributed by atoms with van der Waals surface area (Å²) >= 11 is 0. The fourth-order valence-electron chi connectivity index (χ4n) is 4.47. The third-order valence-corrected chi connectivity index (χ3v) is 5.08. The van der Waals surface area contributed by atoms with Crippen LogP contribution < -0.4 is 9.47 Å². The van der Waals surface area contributed by atoms with E-state index in [9.17, 15) is 15.3 Å². The van der Waals surface area contributed by atoms with E-state index in [0.29, 0.717) is 31.2 Å². The summed E-state index contributed by atoms with van der Waals surface area (Å²) in [5, 5.41) is 48.4. The van der Waals surface area contributed by atoms with Gasteiger partial charge in [-0.2, -0.15) is 0 Å². The number of phenolic OH excluding ortho intramolecular Hbond substituents is 1. The van der Waals surface area contributed by atoms with Crippen molar-refractivity contribution in [3.05, 3.63) is 17.7 Å². The van der Waals surface area contributed by atoms with E-state index >= 15 is 0 Å². The fourth-order valence-corrected chi connectivity index (χ4v) is 4.47.